The van der Waals surface area contributed by atoms with Crippen LogP contribution in [0.25, 0.3) is 0 Å². The van der Waals surface area contributed by atoms with Crippen molar-refractivity contribution in [2.45, 2.75) is 431 Å². The summed E-state index contributed by atoms with van der Waals surface area (Å²) >= 11 is 0. The van der Waals surface area contributed by atoms with Gasteiger partial charge < -0.3 is 20.1 Å². The first-order valence-corrected chi connectivity index (χ1v) is 41.6. The average Bonchev–Trinajstić information content (AvgIpc) is 3.74. The van der Waals surface area contributed by atoms with Gasteiger partial charge in [0.25, 0.3) is 0 Å². The highest BCUT2D eigenvalue weighted by Gasteiger charge is 2.26. The third-order valence-electron chi connectivity index (χ3n) is 18.2. The molecule has 3 N–H and O–H groups in total. The average molecular weight is 1300 g/mol. The lowest BCUT2D eigenvalue weighted by Crippen LogP contribution is -2.29. The Balaban J connectivity index is 3.74. The van der Waals surface area contributed by atoms with E-state index in [1.807, 2.05) is 0 Å². The van der Waals surface area contributed by atoms with E-state index in [4.69, 9.17) is 24.3 Å². The van der Waals surface area contributed by atoms with Crippen LogP contribution >= 0.6 is 7.82 Å². The van der Waals surface area contributed by atoms with Gasteiger partial charge in [0, 0.05) is 19.4 Å². The van der Waals surface area contributed by atoms with Crippen molar-refractivity contribution in [3.63, 3.8) is 0 Å². The Morgan fingerprint density at radius 1 is 0.341 bits per heavy atom. The number of ether oxygens (including phenoxy) is 2. The molecule has 0 saturated heterocycles. The van der Waals surface area contributed by atoms with E-state index in [9.17, 15) is 19.0 Å². The molecule has 91 heavy (non-hydrogen) atoms. The molecule has 0 aromatic heterocycles. The molecule has 0 aliphatic carbocycles. The quantitative estimate of drug-likeness (QED) is 0.0264. The molecule has 0 saturated carbocycles. The van der Waals surface area contributed by atoms with Crippen LogP contribution in [0.3, 0.4) is 0 Å². The molecule has 9 nitrogen and oxygen atoms in total. The molecule has 0 aliphatic rings. The Morgan fingerprint density at radius 3 is 0.901 bits per heavy atom. The van der Waals surface area contributed by atoms with Gasteiger partial charge in [0.15, 0.2) is 6.10 Å². The van der Waals surface area contributed by atoms with Crippen LogP contribution in [0.4, 0.5) is 0 Å². The molecule has 0 radical (unpaired) electrons. The molecule has 0 bridgehead atoms. The first kappa shape index (κ1) is 89.0. The highest BCUT2D eigenvalue weighted by Crippen LogP contribution is 2.43. The van der Waals surface area contributed by atoms with Crippen molar-refractivity contribution in [2.24, 2.45) is 5.73 Å². The van der Waals surface area contributed by atoms with Crippen molar-refractivity contribution in [1.29, 1.82) is 0 Å². The molecule has 0 amide bonds. The Morgan fingerprint density at radius 2 is 0.604 bits per heavy atom. The van der Waals surface area contributed by atoms with Crippen molar-refractivity contribution >= 4 is 19.8 Å². The van der Waals surface area contributed by atoms with E-state index in [-0.39, 0.29) is 38.6 Å². The third-order valence-corrected chi connectivity index (χ3v) is 19.2. The molecule has 10 heteroatoms. The Hall–Kier alpha value is -2.03. The standard InChI is InChI=1S/C81H154NO8P/c1-3-5-7-9-11-13-15-17-19-21-23-25-27-29-31-33-35-37-38-39-40-42-44-46-48-50-52-54-56-58-60-62-64-66-68-70-72-74-81(84)90-79(78-89-91(85,86)88-76-75-82)77-87-80(83)73-71-69-67-65-63-61-59-57-55-53-51-49-47-45-43-41-36-34-32-30-28-26-24-22-20-18-16-14-12-10-8-6-4-2/h5,7,11,13,17,19,23,25,79H,3-4,6,8-10,12,14-16,18,20-22,24,26-78,82H2,1-2H3,(H,85,86)/b7-5-,13-11-,19-17-,25-23-. The largest absolute Gasteiger partial charge is 0.472 e. The topological polar surface area (TPSA) is 134 Å². The zero-order valence-electron chi connectivity index (χ0n) is 60.6. The fraction of sp³-hybridized carbons (Fsp3) is 0.877. The minimum atomic E-state index is -4.39. The van der Waals surface area contributed by atoms with Gasteiger partial charge in [-0.2, -0.15) is 0 Å². The molecule has 2 atom stereocenters. The summed E-state index contributed by atoms with van der Waals surface area (Å²) in [5.41, 5.74) is 5.42. The number of carbonyl (C=O) groups is 2. The minimum absolute atomic E-state index is 0.0566. The van der Waals surface area contributed by atoms with Crippen LogP contribution in [-0.4, -0.2) is 49.3 Å². The Bertz CT molecular complexity index is 1630. The summed E-state index contributed by atoms with van der Waals surface area (Å²) < 4.78 is 33.3. The van der Waals surface area contributed by atoms with Gasteiger partial charge in [0.1, 0.15) is 6.61 Å². The lowest BCUT2D eigenvalue weighted by molar-refractivity contribution is -0.161. The van der Waals surface area contributed by atoms with E-state index in [2.05, 4.69) is 62.5 Å². The van der Waals surface area contributed by atoms with Crippen molar-refractivity contribution in [2.75, 3.05) is 26.4 Å². The Kier molecular flexibility index (Phi) is 75.3. The maximum absolute atomic E-state index is 12.8. The summed E-state index contributed by atoms with van der Waals surface area (Å²) in [4.78, 5) is 35.5. The second-order valence-corrected chi connectivity index (χ2v) is 28.7. The third kappa shape index (κ3) is 76.9. The monoisotopic (exact) mass is 1300 g/mol. The molecule has 0 spiro atoms. The first-order valence-electron chi connectivity index (χ1n) is 40.1. The zero-order valence-corrected chi connectivity index (χ0v) is 61.5. The van der Waals surface area contributed by atoms with Crippen LogP contribution < -0.4 is 5.73 Å². The predicted octanol–water partition coefficient (Wildman–Crippen LogP) is 26.8. The van der Waals surface area contributed by atoms with Gasteiger partial charge in [-0.1, -0.05) is 409 Å². The van der Waals surface area contributed by atoms with E-state index in [1.54, 1.807) is 0 Å². The number of hydrogen-bond acceptors (Lipinski definition) is 8. The van der Waals surface area contributed by atoms with Gasteiger partial charge in [0.05, 0.1) is 13.2 Å². The summed E-state index contributed by atoms with van der Waals surface area (Å²) in [5.74, 6) is -0.800. The van der Waals surface area contributed by atoms with Gasteiger partial charge >= 0.3 is 19.8 Å². The van der Waals surface area contributed by atoms with Gasteiger partial charge in [-0.25, -0.2) is 4.57 Å². The molecule has 0 heterocycles. The molecular weight excluding hydrogens is 1150 g/mol. The summed E-state index contributed by atoms with van der Waals surface area (Å²) in [5, 5.41) is 0. The molecule has 2 unspecified atom stereocenters. The number of allylic oxidation sites excluding steroid dienone is 8. The molecule has 0 rings (SSSR count). The lowest BCUT2D eigenvalue weighted by atomic mass is 10.0. The number of hydrogen-bond donors (Lipinski definition) is 2. The summed E-state index contributed by atoms with van der Waals surface area (Å²) in [7, 11) is -4.39. The molecule has 0 aromatic carbocycles. The number of phosphoric ester groups is 1. The fourth-order valence-electron chi connectivity index (χ4n) is 12.3. The van der Waals surface area contributed by atoms with E-state index < -0.39 is 26.5 Å². The number of nitrogens with two attached hydrogens (primary N) is 1. The van der Waals surface area contributed by atoms with Crippen molar-refractivity contribution < 1.29 is 37.6 Å². The molecule has 0 aromatic rings. The van der Waals surface area contributed by atoms with Crippen LogP contribution in [0.5, 0.6) is 0 Å². The molecular formula is C81H154NO8P. The van der Waals surface area contributed by atoms with Gasteiger partial charge in [0.2, 0.25) is 0 Å². The van der Waals surface area contributed by atoms with Gasteiger partial charge in [-0.3, -0.25) is 18.6 Å². The predicted molar refractivity (Wildman–Crippen MR) is 395 cm³/mol. The summed E-state index contributed by atoms with van der Waals surface area (Å²) in [6, 6.07) is 0. The highest BCUT2D eigenvalue weighted by molar-refractivity contribution is 7.47. The molecule has 0 fully saturated rings. The normalized spacial score (nSPS) is 13.1. The number of esters is 2. The minimum Gasteiger partial charge on any atom is -0.462 e. The highest BCUT2D eigenvalue weighted by atomic mass is 31.2. The number of rotatable bonds is 77. The maximum atomic E-state index is 12.8. The van der Waals surface area contributed by atoms with Crippen LogP contribution in [-0.2, 0) is 32.7 Å². The smallest absolute Gasteiger partial charge is 0.462 e. The van der Waals surface area contributed by atoms with Crippen LogP contribution in [0.2, 0.25) is 0 Å². The summed E-state index contributed by atoms with van der Waals surface area (Å²) in [6.07, 6.45) is 99.8. The van der Waals surface area contributed by atoms with Gasteiger partial charge in [-0.05, 0) is 51.4 Å². The van der Waals surface area contributed by atoms with E-state index in [0.717, 1.165) is 57.8 Å². The number of carbonyl (C=O) groups excluding carboxylic acids is 2. The summed E-state index contributed by atoms with van der Waals surface area (Å²) in [6.45, 7) is 3.72. The van der Waals surface area contributed by atoms with Crippen LogP contribution in [0.1, 0.15) is 425 Å². The number of phosphoric acid groups is 1. The van der Waals surface area contributed by atoms with Crippen molar-refractivity contribution in [1.82, 2.24) is 0 Å². The van der Waals surface area contributed by atoms with E-state index in [1.165, 1.54) is 334 Å². The maximum Gasteiger partial charge on any atom is 0.472 e. The fourth-order valence-corrected chi connectivity index (χ4v) is 13.1. The molecule has 536 valence electrons. The zero-order chi connectivity index (χ0) is 65.8. The second kappa shape index (κ2) is 77.0. The Labute approximate surface area is 566 Å². The SMILES string of the molecule is CC/C=C\C/C=C\C/C=C\C/C=C\CCCCCCCCCCCCCCCCCCCCCCCCCCC(=O)OC(COC(=O)CCCCCCCCCCCCCCCCCCCCCCCCCCCCCCCCCCC)COP(=O)(O)OCCN. The first-order chi connectivity index (χ1) is 44.8. The number of unbranched alkanes of at least 4 members (excludes halogenated alkanes) is 56. The van der Waals surface area contributed by atoms with Crippen LogP contribution in [0.15, 0.2) is 48.6 Å². The van der Waals surface area contributed by atoms with E-state index >= 15 is 0 Å². The van der Waals surface area contributed by atoms with Crippen molar-refractivity contribution in [3.05, 3.63) is 48.6 Å². The van der Waals surface area contributed by atoms with Crippen molar-refractivity contribution in [3.8, 4) is 0 Å². The van der Waals surface area contributed by atoms with Gasteiger partial charge in [-0.15, -0.1) is 0 Å². The molecule has 0 aliphatic heterocycles. The second-order valence-electron chi connectivity index (χ2n) is 27.3. The lowest BCUT2D eigenvalue weighted by Gasteiger charge is -2.19. The van der Waals surface area contributed by atoms with Crippen LogP contribution in [0, 0.1) is 0 Å². The van der Waals surface area contributed by atoms with E-state index in [0.29, 0.717) is 6.42 Å².